The van der Waals surface area contributed by atoms with Gasteiger partial charge in [0.1, 0.15) is 5.52 Å². The molecule has 1 heterocycles. The largest absolute Gasteiger partial charge is 0.465 e. The number of oxazole rings is 1. The van der Waals surface area contributed by atoms with Crippen LogP contribution in [0.25, 0.3) is 11.1 Å². The Labute approximate surface area is 112 Å². The number of esters is 1. The standard InChI is InChI=1S/C14H18N2O3/c1-4-18-14(17)9-16(3)8-11-5-6-12-13(7-11)19-10(2)15-12/h5-7H,4,8-9H2,1-3H3. The van der Waals surface area contributed by atoms with Crippen molar-refractivity contribution in [3.05, 3.63) is 29.7 Å². The summed E-state index contributed by atoms with van der Waals surface area (Å²) in [7, 11) is 1.88. The predicted octanol–water partition coefficient (Wildman–Crippen LogP) is 2.13. The summed E-state index contributed by atoms with van der Waals surface area (Å²) in [5.74, 6) is 0.452. The van der Waals surface area contributed by atoms with Crippen LogP contribution in [0.2, 0.25) is 0 Å². The fraction of sp³-hybridized carbons (Fsp3) is 0.429. The van der Waals surface area contributed by atoms with Gasteiger partial charge in [-0.15, -0.1) is 0 Å². The van der Waals surface area contributed by atoms with Crippen molar-refractivity contribution in [2.24, 2.45) is 0 Å². The number of benzene rings is 1. The molecule has 0 aliphatic rings. The summed E-state index contributed by atoms with van der Waals surface area (Å²) in [5.41, 5.74) is 2.71. The van der Waals surface area contributed by atoms with Gasteiger partial charge in [0.2, 0.25) is 0 Å². The van der Waals surface area contributed by atoms with Gasteiger partial charge in [-0.1, -0.05) is 6.07 Å². The van der Waals surface area contributed by atoms with Crippen LogP contribution in [-0.4, -0.2) is 36.1 Å². The van der Waals surface area contributed by atoms with Gasteiger partial charge in [0.05, 0.1) is 13.2 Å². The van der Waals surface area contributed by atoms with Crippen molar-refractivity contribution in [1.29, 1.82) is 0 Å². The first kappa shape index (κ1) is 13.5. The lowest BCUT2D eigenvalue weighted by molar-refractivity contribution is -0.144. The lowest BCUT2D eigenvalue weighted by Crippen LogP contribution is -2.26. The molecular weight excluding hydrogens is 244 g/mol. The number of aryl methyl sites for hydroxylation is 1. The highest BCUT2D eigenvalue weighted by atomic mass is 16.5. The Morgan fingerprint density at radius 1 is 1.47 bits per heavy atom. The van der Waals surface area contributed by atoms with E-state index in [4.69, 9.17) is 9.15 Å². The van der Waals surface area contributed by atoms with Gasteiger partial charge in [0.15, 0.2) is 11.5 Å². The van der Waals surface area contributed by atoms with Gasteiger partial charge < -0.3 is 9.15 Å². The van der Waals surface area contributed by atoms with E-state index in [1.807, 2.05) is 37.1 Å². The second-order valence-electron chi connectivity index (χ2n) is 4.51. The summed E-state index contributed by atoms with van der Waals surface area (Å²) < 4.78 is 10.4. The third kappa shape index (κ3) is 3.54. The minimum absolute atomic E-state index is 0.207. The summed E-state index contributed by atoms with van der Waals surface area (Å²) >= 11 is 0. The van der Waals surface area contributed by atoms with Gasteiger partial charge in [-0.2, -0.15) is 0 Å². The minimum atomic E-state index is -0.207. The third-order valence-electron chi connectivity index (χ3n) is 2.72. The Hall–Kier alpha value is -1.88. The molecule has 19 heavy (non-hydrogen) atoms. The average Bonchev–Trinajstić information content (AvgIpc) is 2.68. The molecule has 0 radical (unpaired) electrons. The normalized spacial score (nSPS) is 11.2. The first-order chi connectivity index (χ1) is 9.08. The lowest BCUT2D eigenvalue weighted by Gasteiger charge is -2.15. The smallest absolute Gasteiger partial charge is 0.320 e. The molecule has 5 heteroatoms. The Bertz CT molecular complexity index is 577. The Morgan fingerprint density at radius 2 is 2.26 bits per heavy atom. The van der Waals surface area contributed by atoms with Crippen LogP contribution in [0.4, 0.5) is 0 Å². The van der Waals surface area contributed by atoms with E-state index < -0.39 is 0 Å². The maximum absolute atomic E-state index is 11.4. The number of ether oxygens (including phenoxy) is 1. The summed E-state index contributed by atoms with van der Waals surface area (Å²) in [4.78, 5) is 17.5. The molecule has 0 spiro atoms. The highest BCUT2D eigenvalue weighted by Crippen LogP contribution is 2.17. The molecule has 0 atom stereocenters. The second kappa shape index (κ2) is 5.84. The highest BCUT2D eigenvalue weighted by molar-refractivity contribution is 5.73. The molecule has 1 aromatic carbocycles. The van der Waals surface area contributed by atoms with Crippen molar-refractivity contribution < 1.29 is 13.9 Å². The lowest BCUT2D eigenvalue weighted by atomic mass is 10.2. The van der Waals surface area contributed by atoms with Gasteiger partial charge in [-0.05, 0) is 31.7 Å². The number of hydrogen-bond acceptors (Lipinski definition) is 5. The molecule has 2 aromatic rings. The molecule has 0 unspecified atom stereocenters. The molecule has 102 valence electrons. The first-order valence-electron chi connectivity index (χ1n) is 6.28. The van der Waals surface area contributed by atoms with E-state index in [2.05, 4.69) is 4.98 Å². The molecule has 0 fully saturated rings. The zero-order valence-corrected chi connectivity index (χ0v) is 11.5. The van der Waals surface area contributed by atoms with Crippen LogP contribution in [0.15, 0.2) is 22.6 Å². The van der Waals surface area contributed by atoms with Gasteiger partial charge >= 0.3 is 5.97 Å². The molecule has 0 saturated carbocycles. The molecule has 0 bridgehead atoms. The number of rotatable bonds is 5. The SMILES string of the molecule is CCOC(=O)CN(C)Cc1ccc2nc(C)oc2c1. The van der Waals surface area contributed by atoms with Crippen molar-refractivity contribution >= 4 is 17.1 Å². The summed E-state index contributed by atoms with van der Waals surface area (Å²) in [6.45, 7) is 4.98. The number of carbonyl (C=O) groups is 1. The topological polar surface area (TPSA) is 55.6 Å². The molecule has 0 aliphatic heterocycles. The van der Waals surface area contributed by atoms with E-state index in [0.29, 0.717) is 19.0 Å². The molecule has 0 amide bonds. The maximum atomic E-state index is 11.4. The van der Waals surface area contributed by atoms with E-state index in [0.717, 1.165) is 16.7 Å². The Kier molecular flexibility index (Phi) is 4.16. The minimum Gasteiger partial charge on any atom is -0.465 e. The first-order valence-corrected chi connectivity index (χ1v) is 6.28. The zero-order chi connectivity index (χ0) is 13.8. The molecule has 1 aromatic heterocycles. The number of fused-ring (bicyclic) bond motifs is 1. The third-order valence-corrected chi connectivity index (χ3v) is 2.72. The molecule has 2 rings (SSSR count). The van der Waals surface area contributed by atoms with Crippen molar-refractivity contribution in [3.8, 4) is 0 Å². The second-order valence-corrected chi connectivity index (χ2v) is 4.51. The fourth-order valence-electron chi connectivity index (χ4n) is 1.98. The van der Waals surface area contributed by atoms with Crippen molar-refractivity contribution in [1.82, 2.24) is 9.88 Å². The predicted molar refractivity (Wildman–Crippen MR) is 71.7 cm³/mol. The summed E-state index contributed by atoms with van der Waals surface area (Å²) in [5, 5.41) is 0. The molecule has 0 N–H and O–H groups in total. The Morgan fingerprint density at radius 3 is 3.00 bits per heavy atom. The molecule has 5 nitrogen and oxygen atoms in total. The van der Waals surface area contributed by atoms with Gasteiger partial charge in [0.25, 0.3) is 0 Å². The van der Waals surface area contributed by atoms with E-state index in [9.17, 15) is 4.79 Å². The van der Waals surface area contributed by atoms with Crippen molar-refractivity contribution in [3.63, 3.8) is 0 Å². The van der Waals surface area contributed by atoms with Crippen LogP contribution < -0.4 is 0 Å². The summed E-state index contributed by atoms with van der Waals surface area (Å²) in [6.07, 6.45) is 0. The molecule has 0 aliphatic carbocycles. The number of carbonyl (C=O) groups excluding carboxylic acids is 1. The number of aromatic nitrogens is 1. The molecular formula is C14H18N2O3. The summed E-state index contributed by atoms with van der Waals surface area (Å²) in [6, 6.07) is 5.88. The van der Waals surface area contributed by atoms with Gasteiger partial charge in [-0.3, -0.25) is 9.69 Å². The van der Waals surface area contributed by atoms with Crippen LogP contribution in [-0.2, 0) is 16.1 Å². The van der Waals surface area contributed by atoms with E-state index in [1.54, 1.807) is 6.92 Å². The maximum Gasteiger partial charge on any atom is 0.320 e. The quantitative estimate of drug-likeness (QED) is 0.773. The van der Waals surface area contributed by atoms with Crippen LogP contribution >= 0.6 is 0 Å². The number of hydrogen-bond donors (Lipinski definition) is 0. The van der Waals surface area contributed by atoms with E-state index in [1.165, 1.54) is 0 Å². The fourth-order valence-corrected chi connectivity index (χ4v) is 1.98. The molecule has 0 saturated heterocycles. The van der Waals surface area contributed by atoms with Gasteiger partial charge in [0, 0.05) is 13.5 Å². The number of nitrogens with zero attached hydrogens (tertiary/aromatic N) is 2. The highest BCUT2D eigenvalue weighted by Gasteiger charge is 2.09. The van der Waals surface area contributed by atoms with E-state index in [-0.39, 0.29) is 12.5 Å². The monoisotopic (exact) mass is 262 g/mol. The van der Waals surface area contributed by atoms with Crippen LogP contribution in [0.3, 0.4) is 0 Å². The zero-order valence-electron chi connectivity index (χ0n) is 11.5. The van der Waals surface area contributed by atoms with Crippen molar-refractivity contribution in [2.75, 3.05) is 20.2 Å². The number of likely N-dealkylation sites (N-methyl/N-ethyl adjacent to an activating group) is 1. The van der Waals surface area contributed by atoms with Crippen LogP contribution in [0, 0.1) is 6.92 Å². The average molecular weight is 262 g/mol. The van der Waals surface area contributed by atoms with Crippen LogP contribution in [0.1, 0.15) is 18.4 Å². The van der Waals surface area contributed by atoms with Crippen LogP contribution in [0.5, 0.6) is 0 Å². The van der Waals surface area contributed by atoms with E-state index >= 15 is 0 Å². The van der Waals surface area contributed by atoms with Crippen molar-refractivity contribution in [2.45, 2.75) is 20.4 Å². The van der Waals surface area contributed by atoms with Gasteiger partial charge in [-0.25, -0.2) is 4.98 Å². The Balaban J connectivity index is 2.02.